The molecule has 1 aliphatic heterocycles. The van der Waals surface area contributed by atoms with Crippen molar-refractivity contribution in [3.8, 4) is 0 Å². The van der Waals surface area contributed by atoms with Gasteiger partial charge in [0, 0.05) is 19.6 Å². The van der Waals surface area contributed by atoms with Gasteiger partial charge in [-0.3, -0.25) is 0 Å². The fraction of sp³-hybridized carbons (Fsp3) is 0.667. The van der Waals surface area contributed by atoms with Gasteiger partial charge in [0.25, 0.3) is 0 Å². The number of halogens is 1. The predicted molar refractivity (Wildman–Crippen MR) is 81.2 cm³/mol. The van der Waals surface area contributed by atoms with Crippen LogP contribution < -0.4 is 0 Å². The van der Waals surface area contributed by atoms with Crippen LogP contribution >= 0.6 is 0 Å². The molecule has 1 aromatic rings. The van der Waals surface area contributed by atoms with E-state index in [2.05, 4.69) is 25.7 Å². The molecule has 0 radical (unpaired) electrons. The molecule has 1 heterocycles. The van der Waals surface area contributed by atoms with E-state index < -0.39 is 0 Å². The molecule has 20 heavy (non-hydrogen) atoms. The lowest BCUT2D eigenvalue weighted by Crippen LogP contribution is -2.52. The first-order valence-corrected chi connectivity index (χ1v) is 7.87. The summed E-state index contributed by atoms with van der Waals surface area (Å²) in [4.78, 5) is 2.63. The third-order valence-corrected chi connectivity index (χ3v) is 6.30. The van der Waals surface area contributed by atoms with E-state index in [1.807, 2.05) is 12.1 Å². The third kappa shape index (κ3) is 2.28. The highest BCUT2D eigenvalue weighted by atomic mass is 19.1. The second-order valence-corrected chi connectivity index (χ2v) is 7.63. The molecule has 1 saturated heterocycles. The third-order valence-electron chi connectivity index (χ3n) is 6.30. The number of hydrogen-bond acceptors (Lipinski definition) is 1. The standard InChI is InChI=1S/C18H26FN/c1-17(2)15-8-10-18(17,3)13-20(12-15)11-9-14-4-6-16(19)7-5-14/h4-7,15H,8-13H2,1-3H3/t15?,18-/m0/s1. The van der Waals surface area contributed by atoms with Crippen molar-refractivity contribution in [3.05, 3.63) is 35.6 Å². The largest absolute Gasteiger partial charge is 0.302 e. The molecule has 2 heteroatoms. The van der Waals surface area contributed by atoms with Crippen LogP contribution in [-0.4, -0.2) is 24.5 Å². The molecule has 2 bridgehead atoms. The maximum absolute atomic E-state index is 12.9. The van der Waals surface area contributed by atoms with Gasteiger partial charge in [-0.15, -0.1) is 0 Å². The van der Waals surface area contributed by atoms with Crippen LogP contribution in [0.4, 0.5) is 4.39 Å². The lowest BCUT2D eigenvalue weighted by atomic mass is 9.63. The molecule has 1 unspecified atom stereocenters. The van der Waals surface area contributed by atoms with Gasteiger partial charge in [-0.25, -0.2) is 4.39 Å². The van der Waals surface area contributed by atoms with Gasteiger partial charge < -0.3 is 4.90 Å². The smallest absolute Gasteiger partial charge is 0.123 e. The molecule has 1 saturated carbocycles. The molecule has 0 amide bonds. The van der Waals surface area contributed by atoms with Crippen LogP contribution in [0.2, 0.25) is 0 Å². The summed E-state index contributed by atoms with van der Waals surface area (Å²) in [5, 5.41) is 0. The average molecular weight is 275 g/mol. The molecule has 110 valence electrons. The maximum Gasteiger partial charge on any atom is 0.123 e. The SMILES string of the molecule is CC1(C)C2CC[C@@]1(C)CN(CCc1ccc(F)cc1)C2. The van der Waals surface area contributed by atoms with Crippen LogP contribution in [0.3, 0.4) is 0 Å². The van der Waals surface area contributed by atoms with Crippen molar-refractivity contribution in [2.45, 2.75) is 40.0 Å². The lowest BCUT2D eigenvalue weighted by molar-refractivity contribution is -0.0169. The maximum atomic E-state index is 12.9. The normalized spacial score (nSPS) is 32.5. The van der Waals surface area contributed by atoms with E-state index in [4.69, 9.17) is 0 Å². The predicted octanol–water partition coefficient (Wildman–Crippen LogP) is 4.13. The van der Waals surface area contributed by atoms with E-state index in [-0.39, 0.29) is 5.82 Å². The summed E-state index contributed by atoms with van der Waals surface area (Å²) in [6.45, 7) is 11.0. The van der Waals surface area contributed by atoms with Crippen molar-refractivity contribution in [1.29, 1.82) is 0 Å². The monoisotopic (exact) mass is 275 g/mol. The van der Waals surface area contributed by atoms with E-state index in [9.17, 15) is 4.39 Å². The van der Waals surface area contributed by atoms with Crippen LogP contribution in [0.5, 0.6) is 0 Å². The van der Waals surface area contributed by atoms with Crippen LogP contribution in [-0.2, 0) is 6.42 Å². The molecule has 0 aromatic heterocycles. The Labute approximate surface area is 122 Å². The van der Waals surface area contributed by atoms with Crippen LogP contribution in [0, 0.1) is 22.6 Å². The number of likely N-dealkylation sites (tertiary alicyclic amines) is 1. The number of nitrogens with zero attached hydrogens (tertiary/aromatic N) is 1. The van der Waals surface area contributed by atoms with Crippen molar-refractivity contribution >= 4 is 0 Å². The minimum absolute atomic E-state index is 0.140. The minimum atomic E-state index is -0.140. The first-order valence-electron chi connectivity index (χ1n) is 7.87. The van der Waals surface area contributed by atoms with Crippen molar-refractivity contribution in [3.63, 3.8) is 0 Å². The molecular formula is C18H26FN. The summed E-state index contributed by atoms with van der Waals surface area (Å²) in [6.07, 6.45) is 3.79. The second kappa shape index (κ2) is 4.84. The van der Waals surface area contributed by atoms with Gasteiger partial charge >= 0.3 is 0 Å². The average Bonchev–Trinajstić information content (AvgIpc) is 2.55. The molecule has 2 fully saturated rings. The molecule has 0 spiro atoms. The van der Waals surface area contributed by atoms with Gasteiger partial charge in [0.1, 0.15) is 5.82 Å². The van der Waals surface area contributed by atoms with Gasteiger partial charge in [-0.1, -0.05) is 32.9 Å². The first kappa shape index (κ1) is 14.1. The van der Waals surface area contributed by atoms with Crippen LogP contribution in [0.1, 0.15) is 39.2 Å². The summed E-state index contributed by atoms with van der Waals surface area (Å²) in [7, 11) is 0. The van der Waals surface area contributed by atoms with E-state index >= 15 is 0 Å². The fourth-order valence-corrected chi connectivity index (χ4v) is 4.25. The lowest BCUT2D eigenvalue weighted by Gasteiger charge is -2.50. The Morgan fingerprint density at radius 2 is 1.90 bits per heavy atom. The van der Waals surface area contributed by atoms with Crippen molar-refractivity contribution in [1.82, 2.24) is 4.90 Å². The Kier molecular flexibility index (Phi) is 3.40. The number of fused-ring (bicyclic) bond motifs is 2. The highest BCUT2D eigenvalue weighted by Gasteiger charge is 2.55. The number of piperidine rings is 1. The van der Waals surface area contributed by atoms with Crippen LogP contribution in [0.15, 0.2) is 24.3 Å². The first-order chi connectivity index (χ1) is 9.41. The molecule has 1 nitrogen and oxygen atoms in total. The zero-order valence-electron chi connectivity index (χ0n) is 13.0. The molecule has 2 atom stereocenters. The van der Waals surface area contributed by atoms with Crippen molar-refractivity contribution in [2.24, 2.45) is 16.7 Å². The zero-order valence-corrected chi connectivity index (χ0v) is 13.0. The molecule has 1 aromatic carbocycles. The quantitative estimate of drug-likeness (QED) is 0.802. The Morgan fingerprint density at radius 3 is 2.55 bits per heavy atom. The van der Waals surface area contributed by atoms with E-state index in [1.54, 1.807) is 12.1 Å². The molecule has 0 N–H and O–H groups in total. The van der Waals surface area contributed by atoms with Crippen molar-refractivity contribution in [2.75, 3.05) is 19.6 Å². The number of benzene rings is 1. The van der Waals surface area contributed by atoms with Gasteiger partial charge in [-0.05, 0) is 53.7 Å². The van der Waals surface area contributed by atoms with E-state index in [1.165, 1.54) is 31.5 Å². The van der Waals surface area contributed by atoms with Gasteiger partial charge in [0.15, 0.2) is 0 Å². The zero-order chi connectivity index (χ0) is 14.4. The van der Waals surface area contributed by atoms with Crippen LogP contribution in [0.25, 0.3) is 0 Å². The Hall–Kier alpha value is -0.890. The minimum Gasteiger partial charge on any atom is -0.302 e. The second-order valence-electron chi connectivity index (χ2n) is 7.63. The Balaban J connectivity index is 1.62. The van der Waals surface area contributed by atoms with E-state index in [0.29, 0.717) is 10.8 Å². The van der Waals surface area contributed by atoms with Gasteiger partial charge in [0.05, 0.1) is 0 Å². The summed E-state index contributed by atoms with van der Waals surface area (Å²) in [6, 6.07) is 6.97. The van der Waals surface area contributed by atoms with Gasteiger partial charge in [0.2, 0.25) is 0 Å². The number of rotatable bonds is 3. The summed E-state index contributed by atoms with van der Waals surface area (Å²) in [5.74, 6) is 0.702. The highest BCUT2D eigenvalue weighted by Crippen LogP contribution is 2.58. The Morgan fingerprint density at radius 1 is 1.20 bits per heavy atom. The fourth-order valence-electron chi connectivity index (χ4n) is 4.25. The van der Waals surface area contributed by atoms with Crippen molar-refractivity contribution < 1.29 is 4.39 Å². The molecule has 3 rings (SSSR count). The topological polar surface area (TPSA) is 3.24 Å². The summed E-state index contributed by atoms with van der Waals surface area (Å²) < 4.78 is 12.9. The molecule has 2 aliphatic rings. The highest BCUT2D eigenvalue weighted by molar-refractivity contribution is 5.16. The summed E-state index contributed by atoms with van der Waals surface area (Å²) in [5.41, 5.74) is 2.20. The number of hydrogen-bond donors (Lipinski definition) is 0. The van der Waals surface area contributed by atoms with E-state index in [0.717, 1.165) is 18.9 Å². The summed E-state index contributed by atoms with van der Waals surface area (Å²) >= 11 is 0. The molecule has 1 aliphatic carbocycles. The van der Waals surface area contributed by atoms with Gasteiger partial charge in [-0.2, -0.15) is 0 Å². The Bertz CT molecular complexity index is 479. The molecular weight excluding hydrogens is 249 g/mol.